The molecule has 3 aromatic rings. The minimum Gasteiger partial charge on any atom is -0.373 e. The van der Waals surface area contributed by atoms with Gasteiger partial charge in [0, 0.05) is 10.7 Å². The second-order valence-electron chi connectivity index (χ2n) is 6.07. The first-order valence-corrected chi connectivity index (χ1v) is 8.29. The van der Waals surface area contributed by atoms with Crippen LogP contribution in [-0.4, -0.2) is 20.2 Å². The van der Waals surface area contributed by atoms with Gasteiger partial charge in [-0.05, 0) is 67.1 Å². The van der Waals surface area contributed by atoms with Crippen molar-refractivity contribution in [2.45, 2.75) is 32.7 Å². The molecule has 1 atom stereocenters. The third kappa shape index (κ3) is 3.26. The SMILES string of the molecule is CCC(C)(Nc1ccc(Cl)cc1)c1nnnn1-c1ccc(C)cc1. The van der Waals surface area contributed by atoms with Crippen molar-refractivity contribution in [1.29, 1.82) is 0 Å². The Bertz CT molecular complexity index is 810. The minimum atomic E-state index is -0.414. The highest BCUT2D eigenvalue weighted by atomic mass is 35.5. The van der Waals surface area contributed by atoms with Crippen molar-refractivity contribution in [3.8, 4) is 5.69 Å². The van der Waals surface area contributed by atoms with Gasteiger partial charge in [0.05, 0.1) is 11.2 Å². The molecule has 0 aliphatic rings. The lowest BCUT2D eigenvalue weighted by Gasteiger charge is -2.29. The Kier molecular flexibility index (Phi) is 4.53. The summed E-state index contributed by atoms with van der Waals surface area (Å²) in [5.41, 5.74) is 2.70. The van der Waals surface area contributed by atoms with Crippen molar-refractivity contribution in [2.24, 2.45) is 0 Å². The van der Waals surface area contributed by atoms with Gasteiger partial charge in [0.15, 0.2) is 5.82 Å². The zero-order valence-corrected chi connectivity index (χ0v) is 14.7. The first-order chi connectivity index (χ1) is 11.5. The molecule has 3 rings (SSSR count). The van der Waals surface area contributed by atoms with E-state index in [4.69, 9.17) is 11.6 Å². The molecule has 0 saturated carbocycles. The van der Waals surface area contributed by atoms with Gasteiger partial charge in [0.2, 0.25) is 0 Å². The van der Waals surface area contributed by atoms with Crippen molar-refractivity contribution in [3.05, 3.63) is 64.9 Å². The Labute approximate surface area is 146 Å². The quantitative estimate of drug-likeness (QED) is 0.749. The van der Waals surface area contributed by atoms with Crippen LogP contribution in [0.5, 0.6) is 0 Å². The van der Waals surface area contributed by atoms with Crippen molar-refractivity contribution in [1.82, 2.24) is 20.2 Å². The van der Waals surface area contributed by atoms with Gasteiger partial charge < -0.3 is 5.32 Å². The summed E-state index contributed by atoms with van der Waals surface area (Å²) in [4.78, 5) is 0. The molecule has 0 saturated heterocycles. The van der Waals surface area contributed by atoms with Crippen LogP contribution in [0, 0.1) is 6.92 Å². The van der Waals surface area contributed by atoms with Crippen molar-refractivity contribution in [3.63, 3.8) is 0 Å². The number of aryl methyl sites for hydroxylation is 1. The number of tetrazole rings is 1. The Morgan fingerprint density at radius 3 is 2.38 bits per heavy atom. The lowest BCUT2D eigenvalue weighted by Crippen LogP contribution is -2.34. The summed E-state index contributed by atoms with van der Waals surface area (Å²) in [5.74, 6) is 0.767. The van der Waals surface area contributed by atoms with Crippen LogP contribution in [0.2, 0.25) is 5.02 Å². The van der Waals surface area contributed by atoms with Crippen molar-refractivity contribution >= 4 is 17.3 Å². The van der Waals surface area contributed by atoms with E-state index in [2.05, 4.69) is 53.7 Å². The zero-order valence-electron chi connectivity index (χ0n) is 14.0. The molecule has 0 amide bonds. The van der Waals surface area contributed by atoms with Crippen LogP contribution in [0.25, 0.3) is 5.69 Å². The average molecular weight is 342 g/mol. The maximum absolute atomic E-state index is 5.97. The van der Waals surface area contributed by atoms with Gasteiger partial charge in [-0.1, -0.05) is 36.2 Å². The molecule has 1 N–H and O–H groups in total. The Hall–Kier alpha value is -2.40. The summed E-state index contributed by atoms with van der Waals surface area (Å²) in [6.07, 6.45) is 0.821. The van der Waals surface area contributed by atoms with E-state index in [0.717, 1.165) is 23.6 Å². The molecule has 0 spiro atoms. The Balaban J connectivity index is 1.97. The second-order valence-corrected chi connectivity index (χ2v) is 6.50. The monoisotopic (exact) mass is 341 g/mol. The Morgan fingerprint density at radius 2 is 1.75 bits per heavy atom. The number of hydrogen-bond donors (Lipinski definition) is 1. The van der Waals surface area contributed by atoms with E-state index in [0.29, 0.717) is 5.02 Å². The van der Waals surface area contributed by atoms with Gasteiger partial charge >= 0.3 is 0 Å². The lowest BCUT2D eigenvalue weighted by molar-refractivity contribution is 0.474. The maximum Gasteiger partial charge on any atom is 0.181 e. The predicted molar refractivity (Wildman–Crippen MR) is 96.6 cm³/mol. The zero-order chi connectivity index (χ0) is 17.2. The summed E-state index contributed by atoms with van der Waals surface area (Å²) < 4.78 is 1.78. The van der Waals surface area contributed by atoms with E-state index < -0.39 is 5.54 Å². The molecule has 1 heterocycles. The number of anilines is 1. The fourth-order valence-corrected chi connectivity index (χ4v) is 2.67. The van der Waals surface area contributed by atoms with E-state index in [1.807, 2.05) is 36.4 Å². The van der Waals surface area contributed by atoms with Gasteiger partial charge in [0.1, 0.15) is 0 Å². The topological polar surface area (TPSA) is 55.6 Å². The molecule has 2 aromatic carbocycles. The van der Waals surface area contributed by atoms with Crippen molar-refractivity contribution < 1.29 is 0 Å². The molecule has 0 aliphatic carbocycles. The highest BCUT2D eigenvalue weighted by molar-refractivity contribution is 6.30. The van der Waals surface area contributed by atoms with Crippen LogP contribution in [0.3, 0.4) is 0 Å². The maximum atomic E-state index is 5.97. The normalized spacial score (nSPS) is 13.5. The first kappa shape index (κ1) is 16.5. The molecular weight excluding hydrogens is 322 g/mol. The molecule has 1 aromatic heterocycles. The average Bonchev–Trinajstić information content (AvgIpc) is 3.08. The summed E-state index contributed by atoms with van der Waals surface area (Å²) in [6.45, 7) is 6.26. The summed E-state index contributed by atoms with van der Waals surface area (Å²) in [5, 5.41) is 16.6. The minimum absolute atomic E-state index is 0.414. The summed E-state index contributed by atoms with van der Waals surface area (Å²) >= 11 is 5.97. The highest BCUT2D eigenvalue weighted by Gasteiger charge is 2.31. The predicted octanol–water partition coefficient (Wildman–Crippen LogP) is 4.36. The standard InChI is InChI=1S/C18H20ClN5/c1-4-18(3,20-15-9-7-14(19)8-10-15)17-21-22-23-24(17)16-11-5-13(2)6-12-16/h5-12,20H,4H2,1-3H3. The van der Waals surface area contributed by atoms with Crippen LogP contribution in [0.1, 0.15) is 31.7 Å². The molecule has 1 unspecified atom stereocenters. The van der Waals surface area contributed by atoms with E-state index >= 15 is 0 Å². The van der Waals surface area contributed by atoms with E-state index in [9.17, 15) is 0 Å². The smallest absolute Gasteiger partial charge is 0.181 e. The Morgan fingerprint density at radius 1 is 1.08 bits per heavy atom. The number of benzene rings is 2. The lowest BCUT2D eigenvalue weighted by atomic mass is 9.97. The summed E-state index contributed by atoms with van der Waals surface area (Å²) in [7, 11) is 0. The molecular formula is C18H20ClN5. The highest BCUT2D eigenvalue weighted by Crippen LogP contribution is 2.29. The van der Waals surface area contributed by atoms with Crippen LogP contribution < -0.4 is 5.32 Å². The summed E-state index contributed by atoms with van der Waals surface area (Å²) in [6, 6.07) is 15.8. The molecule has 0 aliphatic heterocycles. The van der Waals surface area contributed by atoms with E-state index in [1.165, 1.54) is 5.56 Å². The third-order valence-electron chi connectivity index (χ3n) is 4.21. The molecule has 0 bridgehead atoms. The van der Waals surface area contributed by atoms with Crippen LogP contribution in [0.4, 0.5) is 5.69 Å². The van der Waals surface area contributed by atoms with Crippen LogP contribution in [0.15, 0.2) is 48.5 Å². The number of nitrogens with zero attached hydrogens (tertiary/aromatic N) is 4. The molecule has 5 nitrogen and oxygen atoms in total. The first-order valence-electron chi connectivity index (χ1n) is 7.91. The van der Waals surface area contributed by atoms with Gasteiger partial charge in [-0.15, -0.1) is 5.10 Å². The van der Waals surface area contributed by atoms with Gasteiger partial charge in [0.25, 0.3) is 0 Å². The van der Waals surface area contributed by atoms with Gasteiger partial charge in [-0.2, -0.15) is 4.68 Å². The number of rotatable bonds is 5. The number of nitrogens with one attached hydrogen (secondary N) is 1. The molecule has 124 valence electrons. The number of hydrogen-bond acceptors (Lipinski definition) is 4. The van der Waals surface area contributed by atoms with Crippen LogP contribution in [-0.2, 0) is 5.54 Å². The number of halogens is 1. The van der Waals surface area contributed by atoms with Gasteiger partial charge in [-0.3, -0.25) is 0 Å². The van der Waals surface area contributed by atoms with E-state index in [-0.39, 0.29) is 0 Å². The largest absolute Gasteiger partial charge is 0.373 e. The fraction of sp³-hybridized carbons (Fsp3) is 0.278. The fourth-order valence-electron chi connectivity index (χ4n) is 2.55. The molecule has 6 heteroatoms. The van der Waals surface area contributed by atoms with Crippen molar-refractivity contribution in [2.75, 3.05) is 5.32 Å². The van der Waals surface area contributed by atoms with E-state index in [1.54, 1.807) is 4.68 Å². The molecule has 0 fully saturated rings. The molecule has 24 heavy (non-hydrogen) atoms. The number of aromatic nitrogens is 4. The molecule has 0 radical (unpaired) electrons. The third-order valence-corrected chi connectivity index (χ3v) is 4.47. The second kappa shape index (κ2) is 6.61. The van der Waals surface area contributed by atoms with Gasteiger partial charge in [-0.25, -0.2) is 0 Å². The van der Waals surface area contributed by atoms with Crippen LogP contribution >= 0.6 is 11.6 Å².